The fourth-order valence-electron chi connectivity index (χ4n) is 9.92. The fraction of sp³-hybridized carbons (Fsp3) is 0.806. The highest BCUT2D eigenvalue weighted by molar-refractivity contribution is 7.45. The highest BCUT2D eigenvalue weighted by Gasteiger charge is 2.22. The SMILES string of the molecule is CC/C=C\C/C=C\C/C=C\C/C=C\CCCCCCCCCCCCCCCCC(=O)OC(COC(=O)CCCCCCCCCCCCCCCCCCCCC/C=C\C/C=C\CCCCCCC)COP(=O)([O-])OCC[N+](C)(C)C. The average molecular weight is 1170 g/mol. The van der Waals surface area contributed by atoms with E-state index in [0.717, 1.165) is 70.6 Å². The molecule has 0 heterocycles. The van der Waals surface area contributed by atoms with Crippen LogP contribution in [0.3, 0.4) is 0 Å². The maximum Gasteiger partial charge on any atom is 0.306 e. The van der Waals surface area contributed by atoms with E-state index in [4.69, 9.17) is 18.5 Å². The van der Waals surface area contributed by atoms with Gasteiger partial charge >= 0.3 is 11.9 Å². The van der Waals surface area contributed by atoms with Crippen molar-refractivity contribution < 1.29 is 42.1 Å². The summed E-state index contributed by atoms with van der Waals surface area (Å²) >= 11 is 0. The summed E-state index contributed by atoms with van der Waals surface area (Å²) in [4.78, 5) is 38.1. The molecule has 10 heteroatoms. The number of carbonyl (C=O) groups is 2. The van der Waals surface area contributed by atoms with Gasteiger partial charge in [0, 0.05) is 12.8 Å². The highest BCUT2D eigenvalue weighted by Crippen LogP contribution is 2.38. The molecule has 0 fully saturated rings. The number of ether oxygens (including phenoxy) is 2. The van der Waals surface area contributed by atoms with Gasteiger partial charge in [-0.1, -0.05) is 299 Å². The zero-order valence-electron chi connectivity index (χ0n) is 54.4. The zero-order chi connectivity index (χ0) is 59.8. The smallest absolute Gasteiger partial charge is 0.306 e. The van der Waals surface area contributed by atoms with Crippen molar-refractivity contribution in [3.63, 3.8) is 0 Å². The van der Waals surface area contributed by atoms with Crippen LogP contribution in [0.5, 0.6) is 0 Å². The molecule has 0 saturated heterocycles. The van der Waals surface area contributed by atoms with E-state index in [1.165, 1.54) is 218 Å². The van der Waals surface area contributed by atoms with Crippen LogP contribution in [-0.4, -0.2) is 70.0 Å². The summed E-state index contributed by atoms with van der Waals surface area (Å²) in [7, 11) is 1.17. The summed E-state index contributed by atoms with van der Waals surface area (Å²) in [5.41, 5.74) is 0. The molecule has 82 heavy (non-hydrogen) atoms. The third kappa shape index (κ3) is 66.6. The molecule has 0 saturated carbocycles. The third-order valence-corrected chi connectivity index (χ3v) is 16.2. The molecule has 478 valence electrons. The normalized spacial score (nSPS) is 13.6. The summed E-state index contributed by atoms with van der Waals surface area (Å²) in [5.74, 6) is -0.821. The number of rotatable bonds is 64. The molecule has 0 aromatic carbocycles. The van der Waals surface area contributed by atoms with Crippen molar-refractivity contribution in [3.8, 4) is 0 Å². The minimum Gasteiger partial charge on any atom is -0.756 e. The molecule has 0 aliphatic carbocycles. The molecule has 0 rings (SSSR count). The first-order chi connectivity index (χ1) is 40.0. The second-order valence-electron chi connectivity index (χ2n) is 24.5. The van der Waals surface area contributed by atoms with E-state index in [0.29, 0.717) is 17.4 Å². The van der Waals surface area contributed by atoms with Crippen LogP contribution in [-0.2, 0) is 32.7 Å². The second-order valence-corrected chi connectivity index (χ2v) is 25.9. The van der Waals surface area contributed by atoms with Gasteiger partial charge in [0.05, 0.1) is 27.7 Å². The van der Waals surface area contributed by atoms with Crippen LogP contribution in [0.15, 0.2) is 72.9 Å². The zero-order valence-corrected chi connectivity index (χ0v) is 55.3. The van der Waals surface area contributed by atoms with E-state index in [9.17, 15) is 19.0 Å². The van der Waals surface area contributed by atoms with Gasteiger partial charge in [-0.15, -0.1) is 0 Å². The minimum atomic E-state index is -4.64. The highest BCUT2D eigenvalue weighted by atomic mass is 31.2. The van der Waals surface area contributed by atoms with Gasteiger partial charge in [-0.25, -0.2) is 0 Å². The van der Waals surface area contributed by atoms with Crippen molar-refractivity contribution in [2.45, 2.75) is 328 Å². The van der Waals surface area contributed by atoms with Crippen LogP contribution < -0.4 is 4.89 Å². The summed E-state index contributed by atoms with van der Waals surface area (Å²) in [6.45, 7) is 4.16. The molecule has 0 amide bonds. The van der Waals surface area contributed by atoms with Gasteiger partial charge in [0.15, 0.2) is 6.10 Å². The Morgan fingerprint density at radius 3 is 1.04 bits per heavy atom. The monoisotopic (exact) mass is 1170 g/mol. The number of carbonyl (C=O) groups excluding carboxylic acids is 2. The summed E-state index contributed by atoms with van der Waals surface area (Å²) < 4.78 is 34.3. The Balaban J connectivity index is 4.02. The molecule has 0 aromatic rings. The summed E-state index contributed by atoms with van der Waals surface area (Å²) in [5, 5.41) is 0. The van der Waals surface area contributed by atoms with Crippen LogP contribution in [0.4, 0.5) is 0 Å². The van der Waals surface area contributed by atoms with Gasteiger partial charge in [0.1, 0.15) is 19.8 Å². The third-order valence-electron chi connectivity index (χ3n) is 15.2. The summed E-state index contributed by atoms with van der Waals surface area (Å²) in [6, 6.07) is 0. The van der Waals surface area contributed by atoms with Crippen LogP contribution in [0.1, 0.15) is 322 Å². The van der Waals surface area contributed by atoms with Crippen molar-refractivity contribution in [2.75, 3.05) is 47.5 Å². The molecule has 2 unspecified atom stereocenters. The van der Waals surface area contributed by atoms with Crippen molar-refractivity contribution in [2.24, 2.45) is 0 Å². The number of nitrogens with zero attached hydrogens (tertiary/aromatic N) is 1. The molecule has 0 bridgehead atoms. The molecular weight excluding hydrogens is 1040 g/mol. The lowest BCUT2D eigenvalue weighted by molar-refractivity contribution is -0.870. The Morgan fingerprint density at radius 1 is 0.390 bits per heavy atom. The van der Waals surface area contributed by atoms with Crippen LogP contribution in [0.25, 0.3) is 0 Å². The Hall–Kier alpha value is -2.55. The van der Waals surface area contributed by atoms with E-state index < -0.39 is 26.5 Å². The lowest BCUT2D eigenvalue weighted by atomic mass is 10.0. The van der Waals surface area contributed by atoms with Gasteiger partial charge in [-0.2, -0.15) is 0 Å². The molecule has 0 radical (unpaired) electrons. The number of quaternary nitrogens is 1. The molecule has 0 spiro atoms. The number of unbranched alkanes of at least 4 members (excludes halogenated alkanes) is 38. The van der Waals surface area contributed by atoms with Crippen molar-refractivity contribution >= 4 is 19.8 Å². The number of phosphoric acid groups is 1. The van der Waals surface area contributed by atoms with Crippen LogP contribution in [0, 0.1) is 0 Å². The Labute approximate surface area is 508 Å². The Bertz CT molecular complexity index is 1610. The van der Waals surface area contributed by atoms with Gasteiger partial charge in [-0.3, -0.25) is 14.2 Å². The predicted molar refractivity (Wildman–Crippen MR) is 351 cm³/mol. The lowest BCUT2D eigenvalue weighted by Crippen LogP contribution is -2.37. The number of phosphoric ester groups is 1. The molecule has 2 atom stereocenters. The molecule has 0 aromatic heterocycles. The maximum absolute atomic E-state index is 12.9. The van der Waals surface area contributed by atoms with E-state index in [2.05, 4.69) is 86.8 Å². The predicted octanol–water partition coefficient (Wildman–Crippen LogP) is 21.8. The largest absolute Gasteiger partial charge is 0.756 e. The number of allylic oxidation sites excluding steroid dienone is 12. The van der Waals surface area contributed by atoms with Gasteiger partial charge in [0.25, 0.3) is 7.82 Å². The van der Waals surface area contributed by atoms with Crippen LogP contribution >= 0.6 is 7.82 Å². The molecular formula is C72H132NO8P. The Kier molecular flexibility index (Phi) is 61.0. The standard InChI is InChI=1S/C72H132NO8P/c1-6-8-10-12-14-16-18-20-22-24-26-28-30-32-34-35-36-37-39-40-42-44-46-48-50-52-54-56-58-60-62-64-71(74)78-68-70(69-80-82(76,77)79-67-66-73(3,4)5)81-72(75)65-63-61-59-57-55-53-51-49-47-45-43-41-38-33-31-29-27-25-23-21-19-17-15-13-11-9-7-2/h9,11,15,17-18,20-21,23-24,26-27,29,70H,6-8,10,12-14,16,19,22,25,28,30-69H2,1-5H3/b11-9-,17-15-,20-18-,23-21-,26-24-,29-27-. The fourth-order valence-corrected chi connectivity index (χ4v) is 10.6. The molecule has 0 aliphatic heterocycles. The lowest BCUT2D eigenvalue weighted by Gasteiger charge is -2.28. The summed E-state index contributed by atoms with van der Waals surface area (Å²) in [6.07, 6.45) is 84.1. The van der Waals surface area contributed by atoms with Crippen molar-refractivity contribution in [3.05, 3.63) is 72.9 Å². The number of hydrogen-bond acceptors (Lipinski definition) is 8. The van der Waals surface area contributed by atoms with Gasteiger partial charge in [0.2, 0.25) is 0 Å². The topological polar surface area (TPSA) is 111 Å². The number of hydrogen-bond donors (Lipinski definition) is 0. The van der Waals surface area contributed by atoms with E-state index in [1.54, 1.807) is 0 Å². The number of esters is 2. The van der Waals surface area contributed by atoms with Gasteiger partial charge in [-0.05, 0) is 83.5 Å². The molecule has 0 N–H and O–H groups in total. The van der Waals surface area contributed by atoms with Gasteiger partial charge < -0.3 is 27.9 Å². The molecule has 0 aliphatic rings. The van der Waals surface area contributed by atoms with E-state index in [1.807, 2.05) is 21.1 Å². The number of likely N-dealkylation sites (N-methyl/N-ethyl adjacent to an activating group) is 1. The van der Waals surface area contributed by atoms with Crippen molar-refractivity contribution in [1.29, 1.82) is 0 Å². The van der Waals surface area contributed by atoms with Crippen LogP contribution in [0.2, 0.25) is 0 Å². The second kappa shape index (κ2) is 63.0. The first kappa shape index (κ1) is 79.5. The minimum absolute atomic E-state index is 0.0312. The Morgan fingerprint density at radius 2 is 0.695 bits per heavy atom. The first-order valence-corrected chi connectivity index (χ1v) is 36.1. The molecule has 9 nitrogen and oxygen atoms in total. The van der Waals surface area contributed by atoms with E-state index >= 15 is 0 Å². The average Bonchev–Trinajstić information content (AvgIpc) is 3.46. The van der Waals surface area contributed by atoms with Crippen molar-refractivity contribution in [1.82, 2.24) is 0 Å². The maximum atomic E-state index is 12.9. The first-order valence-electron chi connectivity index (χ1n) is 34.6. The quantitative estimate of drug-likeness (QED) is 0.0195. The van der Waals surface area contributed by atoms with E-state index in [-0.39, 0.29) is 32.0 Å².